The molecule has 0 aliphatic carbocycles. The van der Waals surface area contributed by atoms with Crippen LogP contribution in [0.5, 0.6) is 11.5 Å². The van der Waals surface area contributed by atoms with E-state index in [0.29, 0.717) is 35.9 Å². The average molecular weight is 577 g/mol. The number of halogens is 4. The summed E-state index contributed by atoms with van der Waals surface area (Å²) in [5.41, 5.74) is 1.48. The van der Waals surface area contributed by atoms with Gasteiger partial charge in [-0.25, -0.2) is 15.1 Å². The number of carbonyl (C=O) groups excluding carboxylic acids is 2. The molecule has 1 fully saturated rings. The molecule has 4 rings (SSSR count). The molecule has 1 aliphatic rings. The summed E-state index contributed by atoms with van der Waals surface area (Å²) in [6.45, 7) is 0.595. The van der Waals surface area contributed by atoms with E-state index in [9.17, 15) is 22.8 Å². The fourth-order valence-corrected chi connectivity index (χ4v) is 3.93. The first-order valence-corrected chi connectivity index (χ1v) is 12.5. The monoisotopic (exact) mass is 576 g/mol. The number of nitrogens with one attached hydrogen (secondary N) is 3. The van der Waals surface area contributed by atoms with Crippen molar-refractivity contribution in [3.8, 4) is 11.5 Å². The molecule has 2 heterocycles. The van der Waals surface area contributed by atoms with Crippen LogP contribution in [-0.2, 0) is 20.5 Å². The van der Waals surface area contributed by atoms with Crippen LogP contribution < -0.4 is 20.9 Å². The van der Waals surface area contributed by atoms with Crippen LogP contribution in [-0.4, -0.2) is 29.8 Å². The number of ether oxygens (including phenoxy) is 2. The SMILES string of the molecule is O=C(/C=C/c1cc(Oc2ccc(NC(=O)Nc3cccc(Cl)c3C(F)(F)F)cc2)ccn1)NOC1CCCCO1. The predicted molar refractivity (Wildman–Crippen MR) is 142 cm³/mol. The highest BCUT2D eigenvalue weighted by Crippen LogP contribution is 2.39. The van der Waals surface area contributed by atoms with E-state index in [2.05, 4.69) is 21.1 Å². The maximum atomic E-state index is 13.3. The Bertz CT molecular complexity index is 1360. The number of aromatic nitrogens is 1. The van der Waals surface area contributed by atoms with Gasteiger partial charge in [0, 0.05) is 37.1 Å². The number of anilines is 2. The molecule has 3 aromatic rings. The highest BCUT2D eigenvalue weighted by Gasteiger charge is 2.36. The van der Waals surface area contributed by atoms with E-state index < -0.39 is 40.7 Å². The third kappa shape index (κ3) is 8.43. The Kier molecular flexibility index (Phi) is 9.59. The predicted octanol–water partition coefficient (Wildman–Crippen LogP) is 6.78. The molecule has 13 heteroatoms. The van der Waals surface area contributed by atoms with Crippen molar-refractivity contribution in [2.75, 3.05) is 17.2 Å². The number of hydroxylamine groups is 1. The quantitative estimate of drug-likeness (QED) is 0.201. The molecule has 0 bridgehead atoms. The second-order valence-electron chi connectivity index (χ2n) is 8.50. The van der Waals surface area contributed by atoms with E-state index in [0.717, 1.165) is 25.0 Å². The topological polar surface area (TPSA) is 111 Å². The summed E-state index contributed by atoms with van der Waals surface area (Å²) >= 11 is 5.68. The molecular weight excluding hydrogens is 553 g/mol. The third-order valence-electron chi connectivity index (χ3n) is 5.48. The molecule has 3 N–H and O–H groups in total. The van der Waals surface area contributed by atoms with Gasteiger partial charge in [0.05, 0.1) is 22.0 Å². The largest absolute Gasteiger partial charge is 0.457 e. The zero-order valence-corrected chi connectivity index (χ0v) is 21.6. The third-order valence-corrected chi connectivity index (χ3v) is 5.80. The van der Waals surface area contributed by atoms with Gasteiger partial charge in [-0.3, -0.25) is 9.78 Å². The molecule has 0 spiro atoms. The van der Waals surface area contributed by atoms with Crippen molar-refractivity contribution in [2.24, 2.45) is 0 Å². The van der Waals surface area contributed by atoms with Crippen LogP contribution in [0.1, 0.15) is 30.5 Å². The summed E-state index contributed by atoms with van der Waals surface area (Å²) in [6, 6.07) is 12.0. The number of urea groups is 1. The van der Waals surface area contributed by atoms with Gasteiger partial charge in [-0.05, 0) is 61.4 Å². The number of nitrogens with zero attached hydrogens (tertiary/aromatic N) is 1. The molecule has 0 saturated carbocycles. The number of rotatable bonds is 8. The lowest BCUT2D eigenvalue weighted by molar-refractivity contribution is -0.198. The minimum Gasteiger partial charge on any atom is -0.457 e. The molecule has 1 unspecified atom stereocenters. The Labute approximate surface area is 232 Å². The maximum Gasteiger partial charge on any atom is 0.419 e. The number of alkyl halides is 3. The second kappa shape index (κ2) is 13.3. The molecule has 1 saturated heterocycles. The van der Waals surface area contributed by atoms with Gasteiger partial charge in [0.25, 0.3) is 5.91 Å². The first-order valence-electron chi connectivity index (χ1n) is 12.1. The van der Waals surface area contributed by atoms with Crippen molar-refractivity contribution in [2.45, 2.75) is 31.7 Å². The Morgan fingerprint density at radius 1 is 1.05 bits per heavy atom. The summed E-state index contributed by atoms with van der Waals surface area (Å²) in [7, 11) is 0. The number of hydrogen-bond donors (Lipinski definition) is 3. The van der Waals surface area contributed by atoms with Crippen molar-refractivity contribution < 1.29 is 37.1 Å². The van der Waals surface area contributed by atoms with Crippen molar-refractivity contribution in [3.05, 3.63) is 83.2 Å². The van der Waals surface area contributed by atoms with Crippen LogP contribution in [0.3, 0.4) is 0 Å². The van der Waals surface area contributed by atoms with Gasteiger partial charge < -0.3 is 20.1 Å². The smallest absolute Gasteiger partial charge is 0.419 e. The lowest BCUT2D eigenvalue weighted by atomic mass is 10.1. The van der Waals surface area contributed by atoms with E-state index in [1.54, 1.807) is 24.3 Å². The molecule has 210 valence electrons. The van der Waals surface area contributed by atoms with Gasteiger partial charge in [-0.15, -0.1) is 0 Å². The van der Waals surface area contributed by atoms with E-state index in [1.807, 2.05) is 0 Å². The Morgan fingerprint density at radius 2 is 1.85 bits per heavy atom. The summed E-state index contributed by atoms with van der Waals surface area (Å²) < 4.78 is 51.1. The molecular formula is C27H24ClF3N4O5. The van der Waals surface area contributed by atoms with Crippen LogP contribution in [0.2, 0.25) is 5.02 Å². The fourth-order valence-electron chi connectivity index (χ4n) is 3.65. The van der Waals surface area contributed by atoms with Gasteiger partial charge >= 0.3 is 12.2 Å². The van der Waals surface area contributed by atoms with Crippen molar-refractivity contribution >= 4 is 41.0 Å². The molecule has 3 amide bonds. The van der Waals surface area contributed by atoms with Gasteiger partial charge in [-0.2, -0.15) is 13.2 Å². The highest BCUT2D eigenvalue weighted by atomic mass is 35.5. The van der Waals surface area contributed by atoms with Gasteiger partial charge in [0.1, 0.15) is 11.5 Å². The molecule has 1 aliphatic heterocycles. The zero-order valence-electron chi connectivity index (χ0n) is 20.8. The summed E-state index contributed by atoms with van der Waals surface area (Å²) in [6.07, 6.45) is 1.71. The Balaban J connectivity index is 1.30. The van der Waals surface area contributed by atoms with Crippen LogP contribution >= 0.6 is 11.6 Å². The van der Waals surface area contributed by atoms with Crippen LogP contribution in [0, 0.1) is 0 Å². The highest BCUT2D eigenvalue weighted by molar-refractivity contribution is 6.32. The Morgan fingerprint density at radius 3 is 2.58 bits per heavy atom. The minimum atomic E-state index is -4.74. The number of amides is 3. The van der Waals surface area contributed by atoms with Crippen LogP contribution in [0.15, 0.2) is 66.9 Å². The minimum absolute atomic E-state index is 0.311. The molecule has 1 atom stereocenters. The first-order chi connectivity index (χ1) is 19.2. The molecule has 0 radical (unpaired) electrons. The van der Waals surface area contributed by atoms with E-state index in [1.165, 1.54) is 36.5 Å². The molecule has 1 aromatic heterocycles. The maximum absolute atomic E-state index is 13.3. The van der Waals surface area contributed by atoms with Gasteiger partial charge in [-0.1, -0.05) is 17.7 Å². The van der Waals surface area contributed by atoms with Crippen molar-refractivity contribution in [3.63, 3.8) is 0 Å². The summed E-state index contributed by atoms with van der Waals surface area (Å²) in [4.78, 5) is 33.7. The second-order valence-corrected chi connectivity index (χ2v) is 8.90. The number of hydrogen-bond acceptors (Lipinski definition) is 6. The lowest BCUT2D eigenvalue weighted by Gasteiger charge is -2.21. The first kappa shape index (κ1) is 28.9. The van der Waals surface area contributed by atoms with Crippen molar-refractivity contribution in [1.29, 1.82) is 0 Å². The van der Waals surface area contributed by atoms with E-state index in [4.69, 9.17) is 25.9 Å². The number of pyridine rings is 1. The standard InChI is InChI=1S/C27H24ClF3N4O5/c28-21-4-3-5-22(25(21)27(29,30)31)34-26(37)33-17-7-10-19(11-8-17)39-20-13-14-32-18(16-20)9-12-23(36)35-40-24-6-1-2-15-38-24/h3-5,7-14,16,24H,1-2,6,15H2,(H,35,36)(H2,33,34,37)/b12-9+. The summed E-state index contributed by atoms with van der Waals surface area (Å²) in [5.74, 6) is 0.375. The molecule has 2 aromatic carbocycles. The van der Waals surface area contributed by atoms with Crippen LogP contribution in [0.25, 0.3) is 6.08 Å². The van der Waals surface area contributed by atoms with Gasteiger partial charge in [0.15, 0.2) is 6.29 Å². The molecule has 40 heavy (non-hydrogen) atoms. The lowest BCUT2D eigenvalue weighted by Crippen LogP contribution is -2.32. The zero-order chi connectivity index (χ0) is 28.5. The average Bonchev–Trinajstić information content (AvgIpc) is 2.92. The summed E-state index contributed by atoms with van der Waals surface area (Å²) in [5, 5.41) is 4.10. The Hall–Kier alpha value is -4.13. The normalized spacial score (nSPS) is 15.4. The fraction of sp³-hybridized carbons (Fsp3) is 0.222. The van der Waals surface area contributed by atoms with E-state index >= 15 is 0 Å². The van der Waals surface area contributed by atoms with Crippen molar-refractivity contribution in [1.82, 2.24) is 10.5 Å². The van der Waals surface area contributed by atoms with Crippen LogP contribution in [0.4, 0.5) is 29.3 Å². The van der Waals surface area contributed by atoms with E-state index in [-0.39, 0.29) is 0 Å². The van der Waals surface area contributed by atoms with Gasteiger partial charge in [0.2, 0.25) is 0 Å². The number of benzene rings is 2. The number of carbonyl (C=O) groups is 2. The molecule has 9 nitrogen and oxygen atoms in total.